The van der Waals surface area contributed by atoms with E-state index in [2.05, 4.69) is 24.1 Å². The van der Waals surface area contributed by atoms with Crippen LogP contribution in [0.3, 0.4) is 0 Å². The number of nitrogens with one attached hydrogen (secondary N) is 1. The summed E-state index contributed by atoms with van der Waals surface area (Å²) in [5, 5.41) is 4.37. The summed E-state index contributed by atoms with van der Waals surface area (Å²) < 4.78 is 0. The molecule has 2 nitrogen and oxygen atoms in total. The average molecular weight is 196 g/mol. The highest BCUT2D eigenvalue weighted by molar-refractivity contribution is 7.99. The summed E-state index contributed by atoms with van der Waals surface area (Å²) >= 11 is 1.77. The topological polar surface area (TPSA) is 24.9 Å². The molecule has 0 aliphatic carbocycles. The molecule has 0 aliphatic rings. The van der Waals surface area contributed by atoms with Crippen molar-refractivity contribution in [2.75, 3.05) is 17.6 Å². The minimum Gasteiger partial charge on any atom is -0.370 e. The second-order valence-corrected chi connectivity index (χ2v) is 4.01. The van der Waals surface area contributed by atoms with Crippen molar-refractivity contribution in [2.45, 2.75) is 25.3 Å². The Balaban J connectivity index is 2.56. The monoisotopic (exact) mass is 196 g/mol. The Morgan fingerprint density at radius 3 is 2.92 bits per heavy atom. The van der Waals surface area contributed by atoms with E-state index in [1.807, 2.05) is 18.2 Å². The fourth-order valence-corrected chi connectivity index (χ4v) is 1.63. The Labute approximate surface area is 84.1 Å². The molecule has 0 aliphatic heterocycles. The van der Waals surface area contributed by atoms with E-state index in [1.165, 1.54) is 0 Å². The zero-order valence-electron chi connectivity index (χ0n) is 8.21. The van der Waals surface area contributed by atoms with E-state index in [9.17, 15) is 0 Å². The standard InChI is InChI=1S/C10H16N2S/c1-3-8-11-9-6-5-7-10(12-9)13-4-2/h5-7H,3-4,8H2,1-2H3,(H,11,12). The maximum absolute atomic E-state index is 4.45. The lowest BCUT2D eigenvalue weighted by atomic mass is 10.4. The zero-order valence-corrected chi connectivity index (χ0v) is 9.03. The minimum absolute atomic E-state index is 0.986. The van der Waals surface area contributed by atoms with E-state index in [0.29, 0.717) is 0 Å². The molecular formula is C10H16N2S. The van der Waals surface area contributed by atoms with Gasteiger partial charge in [0.25, 0.3) is 0 Å². The van der Waals surface area contributed by atoms with Crippen molar-refractivity contribution < 1.29 is 0 Å². The highest BCUT2D eigenvalue weighted by atomic mass is 32.2. The molecule has 72 valence electrons. The number of hydrogen-bond donors (Lipinski definition) is 1. The Bertz CT molecular complexity index is 250. The fraction of sp³-hybridized carbons (Fsp3) is 0.500. The molecule has 1 aromatic heterocycles. The van der Waals surface area contributed by atoms with E-state index >= 15 is 0 Å². The predicted molar refractivity (Wildman–Crippen MR) is 59.4 cm³/mol. The Morgan fingerprint density at radius 1 is 1.38 bits per heavy atom. The molecule has 0 bridgehead atoms. The van der Waals surface area contributed by atoms with E-state index in [1.54, 1.807) is 11.8 Å². The molecule has 13 heavy (non-hydrogen) atoms. The summed E-state index contributed by atoms with van der Waals surface area (Å²) in [5.74, 6) is 2.06. The lowest BCUT2D eigenvalue weighted by Gasteiger charge is -2.04. The first kappa shape index (κ1) is 10.4. The molecule has 1 heterocycles. The third-order valence-corrected chi connectivity index (χ3v) is 2.38. The van der Waals surface area contributed by atoms with Crippen molar-refractivity contribution >= 4 is 17.6 Å². The predicted octanol–water partition coefficient (Wildman–Crippen LogP) is 3.02. The first-order valence-corrected chi connectivity index (χ1v) is 5.69. The summed E-state index contributed by atoms with van der Waals surface area (Å²) in [5.41, 5.74) is 0. The van der Waals surface area contributed by atoms with E-state index in [-0.39, 0.29) is 0 Å². The number of rotatable bonds is 5. The Morgan fingerprint density at radius 2 is 2.23 bits per heavy atom. The van der Waals surface area contributed by atoms with Gasteiger partial charge in [0.05, 0.1) is 5.03 Å². The highest BCUT2D eigenvalue weighted by Gasteiger charge is 1.95. The fourth-order valence-electron chi connectivity index (χ4n) is 0.995. The van der Waals surface area contributed by atoms with Gasteiger partial charge in [-0.2, -0.15) is 0 Å². The third kappa shape index (κ3) is 3.68. The normalized spacial score (nSPS) is 10.0. The maximum atomic E-state index is 4.45. The van der Waals surface area contributed by atoms with Gasteiger partial charge in [0.2, 0.25) is 0 Å². The quantitative estimate of drug-likeness (QED) is 0.733. The molecule has 0 fully saturated rings. The summed E-state index contributed by atoms with van der Waals surface area (Å²) in [6.07, 6.45) is 1.13. The number of anilines is 1. The van der Waals surface area contributed by atoms with Crippen molar-refractivity contribution in [3.05, 3.63) is 18.2 Å². The molecule has 3 heteroatoms. The summed E-state index contributed by atoms with van der Waals surface area (Å²) in [7, 11) is 0. The number of nitrogens with zero attached hydrogens (tertiary/aromatic N) is 1. The van der Waals surface area contributed by atoms with Crippen LogP contribution >= 0.6 is 11.8 Å². The smallest absolute Gasteiger partial charge is 0.127 e. The number of hydrogen-bond acceptors (Lipinski definition) is 3. The van der Waals surface area contributed by atoms with Gasteiger partial charge in [-0.1, -0.05) is 19.9 Å². The van der Waals surface area contributed by atoms with Crippen LogP contribution in [0.2, 0.25) is 0 Å². The van der Waals surface area contributed by atoms with Gasteiger partial charge in [-0.3, -0.25) is 0 Å². The molecule has 1 N–H and O–H groups in total. The summed E-state index contributed by atoms with van der Waals surface area (Å²) in [6.45, 7) is 5.28. The zero-order chi connectivity index (χ0) is 9.52. The summed E-state index contributed by atoms with van der Waals surface area (Å²) in [4.78, 5) is 4.45. The lowest BCUT2D eigenvalue weighted by molar-refractivity contribution is 0.960. The molecule has 0 unspecified atom stereocenters. The van der Waals surface area contributed by atoms with Crippen molar-refractivity contribution in [3.63, 3.8) is 0 Å². The van der Waals surface area contributed by atoms with Crippen molar-refractivity contribution in [1.82, 2.24) is 4.98 Å². The SMILES string of the molecule is CCCNc1cccc(SCC)n1. The van der Waals surface area contributed by atoms with Gasteiger partial charge in [0.1, 0.15) is 5.82 Å². The van der Waals surface area contributed by atoms with Crippen LogP contribution in [0.4, 0.5) is 5.82 Å². The van der Waals surface area contributed by atoms with E-state index < -0.39 is 0 Å². The van der Waals surface area contributed by atoms with E-state index in [0.717, 1.165) is 29.6 Å². The van der Waals surface area contributed by atoms with Gasteiger partial charge >= 0.3 is 0 Å². The van der Waals surface area contributed by atoms with Crippen LogP contribution in [0.15, 0.2) is 23.2 Å². The molecule has 1 rings (SSSR count). The molecule has 0 radical (unpaired) electrons. The van der Waals surface area contributed by atoms with Gasteiger partial charge in [-0.25, -0.2) is 4.98 Å². The van der Waals surface area contributed by atoms with Crippen LogP contribution in [-0.4, -0.2) is 17.3 Å². The molecule has 0 atom stereocenters. The van der Waals surface area contributed by atoms with Crippen molar-refractivity contribution in [1.29, 1.82) is 0 Å². The van der Waals surface area contributed by atoms with Gasteiger partial charge in [-0.05, 0) is 24.3 Å². The van der Waals surface area contributed by atoms with Crippen LogP contribution < -0.4 is 5.32 Å². The van der Waals surface area contributed by atoms with Crippen LogP contribution in [0.5, 0.6) is 0 Å². The average Bonchev–Trinajstić information content (AvgIpc) is 2.16. The number of pyridine rings is 1. The van der Waals surface area contributed by atoms with Crippen molar-refractivity contribution in [3.8, 4) is 0 Å². The van der Waals surface area contributed by atoms with Gasteiger partial charge in [0.15, 0.2) is 0 Å². The molecule has 1 aromatic rings. The molecule has 0 saturated heterocycles. The van der Waals surface area contributed by atoms with Crippen molar-refractivity contribution in [2.24, 2.45) is 0 Å². The largest absolute Gasteiger partial charge is 0.370 e. The minimum atomic E-state index is 0.986. The third-order valence-electron chi connectivity index (χ3n) is 1.57. The molecule has 0 aromatic carbocycles. The van der Waals surface area contributed by atoms with Gasteiger partial charge in [0, 0.05) is 6.54 Å². The lowest BCUT2D eigenvalue weighted by Crippen LogP contribution is -2.01. The van der Waals surface area contributed by atoms with Crippen LogP contribution in [0.25, 0.3) is 0 Å². The van der Waals surface area contributed by atoms with Crippen LogP contribution in [0.1, 0.15) is 20.3 Å². The first-order chi connectivity index (χ1) is 6.36. The molecule has 0 amide bonds. The Kier molecular flexibility index (Phi) is 4.68. The summed E-state index contributed by atoms with van der Waals surface area (Å²) in [6, 6.07) is 6.10. The van der Waals surface area contributed by atoms with Crippen LogP contribution in [-0.2, 0) is 0 Å². The van der Waals surface area contributed by atoms with E-state index in [4.69, 9.17) is 0 Å². The number of thioether (sulfide) groups is 1. The molecule has 0 saturated carbocycles. The first-order valence-electron chi connectivity index (χ1n) is 4.70. The Hall–Kier alpha value is -0.700. The highest BCUT2D eigenvalue weighted by Crippen LogP contribution is 2.16. The second kappa shape index (κ2) is 5.86. The number of aromatic nitrogens is 1. The van der Waals surface area contributed by atoms with Gasteiger partial charge in [-0.15, -0.1) is 11.8 Å². The van der Waals surface area contributed by atoms with Crippen LogP contribution in [0, 0.1) is 0 Å². The molecule has 0 spiro atoms. The molecular weight excluding hydrogens is 180 g/mol. The second-order valence-electron chi connectivity index (χ2n) is 2.72. The van der Waals surface area contributed by atoms with Gasteiger partial charge < -0.3 is 5.32 Å². The maximum Gasteiger partial charge on any atom is 0.127 e.